The minimum atomic E-state index is 0.167. The zero-order chi connectivity index (χ0) is 11.4. The monoisotopic (exact) mass is 218 g/mol. The Kier molecular flexibility index (Phi) is 3.57. The SMILES string of the molecule is CCc1cnccc1C(NC)C1=CCCO1. The molecule has 2 heterocycles. The van der Waals surface area contributed by atoms with E-state index < -0.39 is 0 Å². The summed E-state index contributed by atoms with van der Waals surface area (Å²) in [6.07, 6.45) is 7.96. The Labute approximate surface area is 96.5 Å². The molecule has 2 rings (SSSR count). The first-order valence-corrected chi connectivity index (χ1v) is 5.79. The van der Waals surface area contributed by atoms with Crippen LogP contribution in [0.5, 0.6) is 0 Å². The van der Waals surface area contributed by atoms with Gasteiger partial charge in [0, 0.05) is 18.8 Å². The molecule has 1 unspecified atom stereocenters. The number of pyridine rings is 1. The molecule has 0 saturated carbocycles. The minimum Gasteiger partial charge on any atom is -0.496 e. The minimum absolute atomic E-state index is 0.167. The summed E-state index contributed by atoms with van der Waals surface area (Å²) in [5, 5.41) is 3.31. The van der Waals surface area contributed by atoms with E-state index in [0.29, 0.717) is 0 Å². The van der Waals surface area contributed by atoms with Gasteiger partial charge in [-0.1, -0.05) is 6.92 Å². The smallest absolute Gasteiger partial charge is 0.114 e. The van der Waals surface area contributed by atoms with E-state index in [9.17, 15) is 0 Å². The molecule has 16 heavy (non-hydrogen) atoms. The summed E-state index contributed by atoms with van der Waals surface area (Å²) in [5.74, 6) is 1.04. The predicted octanol–water partition coefficient (Wildman–Crippen LogP) is 2.21. The van der Waals surface area contributed by atoms with Gasteiger partial charge < -0.3 is 10.1 Å². The first kappa shape index (κ1) is 11.1. The molecule has 0 aliphatic carbocycles. The first-order chi connectivity index (χ1) is 7.86. The Morgan fingerprint density at radius 1 is 1.56 bits per heavy atom. The fraction of sp³-hybridized carbons (Fsp3) is 0.462. The molecule has 86 valence electrons. The van der Waals surface area contributed by atoms with Crippen molar-refractivity contribution < 1.29 is 4.74 Å². The topological polar surface area (TPSA) is 34.2 Å². The molecule has 1 aliphatic rings. The van der Waals surface area contributed by atoms with Crippen LogP contribution in [-0.4, -0.2) is 18.6 Å². The number of ether oxygens (including phenoxy) is 1. The number of aryl methyl sites for hydroxylation is 1. The Morgan fingerprint density at radius 2 is 2.44 bits per heavy atom. The second-order valence-electron chi connectivity index (χ2n) is 3.89. The largest absolute Gasteiger partial charge is 0.496 e. The second-order valence-corrected chi connectivity index (χ2v) is 3.89. The van der Waals surface area contributed by atoms with Gasteiger partial charge in [0.25, 0.3) is 0 Å². The number of nitrogens with one attached hydrogen (secondary N) is 1. The van der Waals surface area contributed by atoms with Crippen molar-refractivity contribution in [2.45, 2.75) is 25.8 Å². The van der Waals surface area contributed by atoms with Gasteiger partial charge in [-0.25, -0.2) is 0 Å². The third-order valence-corrected chi connectivity index (χ3v) is 2.94. The number of aromatic nitrogens is 1. The van der Waals surface area contributed by atoms with Crippen LogP contribution in [0.15, 0.2) is 30.3 Å². The van der Waals surface area contributed by atoms with Gasteiger partial charge in [-0.2, -0.15) is 0 Å². The molecule has 3 nitrogen and oxygen atoms in total. The highest BCUT2D eigenvalue weighted by molar-refractivity contribution is 5.32. The van der Waals surface area contributed by atoms with Crippen LogP contribution in [0.4, 0.5) is 0 Å². The van der Waals surface area contributed by atoms with Crippen LogP contribution in [0.1, 0.15) is 30.5 Å². The van der Waals surface area contributed by atoms with E-state index in [4.69, 9.17) is 4.74 Å². The summed E-state index contributed by atoms with van der Waals surface area (Å²) in [4.78, 5) is 4.17. The van der Waals surface area contributed by atoms with Crippen molar-refractivity contribution in [3.8, 4) is 0 Å². The van der Waals surface area contributed by atoms with Crippen molar-refractivity contribution >= 4 is 0 Å². The van der Waals surface area contributed by atoms with Crippen LogP contribution in [0, 0.1) is 0 Å². The van der Waals surface area contributed by atoms with Crippen LogP contribution in [0.25, 0.3) is 0 Å². The standard InChI is InChI=1S/C13H18N2O/c1-3-10-9-15-7-6-11(10)13(14-2)12-5-4-8-16-12/h5-7,9,13-14H,3-4,8H2,1-2H3. The van der Waals surface area contributed by atoms with Crippen molar-refractivity contribution in [1.29, 1.82) is 0 Å². The van der Waals surface area contributed by atoms with E-state index in [1.54, 1.807) is 0 Å². The molecule has 0 saturated heterocycles. The van der Waals surface area contributed by atoms with E-state index >= 15 is 0 Å². The van der Waals surface area contributed by atoms with Gasteiger partial charge in [0.15, 0.2) is 0 Å². The zero-order valence-electron chi connectivity index (χ0n) is 9.86. The summed E-state index contributed by atoms with van der Waals surface area (Å²) in [7, 11) is 1.97. The average Bonchev–Trinajstić information content (AvgIpc) is 2.84. The fourth-order valence-electron chi connectivity index (χ4n) is 2.10. The number of rotatable bonds is 4. The summed E-state index contributed by atoms with van der Waals surface area (Å²) in [5.41, 5.74) is 2.55. The van der Waals surface area contributed by atoms with Crippen molar-refractivity contribution in [3.63, 3.8) is 0 Å². The summed E-state index contributed by atoms with van der Waals surface area (Å²) < 4.78 is 5.64. The summed E-state index contributed by atoms with van der Waals surface area (Å²) in [6, 6.07) is 2.24. The molecular formula is C13H18N2O. The van der Waals surface area contributed by atoms with Crippen molar-refractivity contribution in [1.82, 2.24) is 10.3 Å². The lowest BCUT2D eigenvalue weighted by atomic mass is 9.99. The summed E-state index contributed by atoms with van der Waals surface area (Å²) in [6.45, 7) is 2.96. The Hall–Kier alpha value is -1.35. The molecule has 1 aromatic rings. The lowest BCUT2D eigenvalue weighted by molar-refractivity contribution is 0.217. The van der Waals surface area contributed by atoms with Crippen molar-refractivity contribution in [3.05, 3.63) is 41.4 Å². The maximum atomic E-state index is 5.64. The molecular weight excluding hydrogens is 200 g/mol. The van der Waals surface area contributed by atoms with Gasteiger partial charge in [-0.3, -0.25) is 4.98 Å². The predicted molar refractivity (Wildman–Crippen MR) is 64.1 cm³/mol. The highest BCUT2D eigenvalue weighted by Crippen LogP contribution is 2.28. The van der Waals surface area contributed by atoms with E-state index in [-0.39, 0.29) is 6.04 Å². The fourth-order valence-corrected chi connectivity index (χ4v) is 2.10. The van der Waals surface area contributed by atoms with Gasteiger partial charge in [0.1, 0.15) is 5.76 Å². The molecule has 0 aromatic carbocycles. The third kappa shape index (κ3) is 2.09. The molecule has 0 bridgehead atoms. The van der Waals surface area contributed by atoms with Gasteiger partial charge in [0.2, 0.25) is 0 Å². The average molecular weight is 218 g/mol. The van der Waals surface area contributed by atoms with Gasteiger partial charge in [-0.05, 0) is 36.7 Å². The van der Waals surface area contributed by atoms with Gasteiger partial charge in [0.05, 0.1) is 12.6 Å². The molecule has 1 aromatic heterocycles. The quantitative estimate of drug-likeness (QED) is 0.841. The molecule has 1 N–H and O–H groups in total. The molecule has 0 radical (unpaired) electrons. The summed E-state index contributed by atoms with van der Waals surface area (Å²) >= 11 is 0. The zero-order valence-corrected chi connectivity index (χ0v) is 9.86. The van der Waals surface area contributed by atoms with Crippen molar-refractivity contribution in [2.75, 3.05) is 13.7 Å². The van der Waals surface area contributed by atoms with E-state index in [1.165, 1.54) is 11.1 Å². The highest BCUT2D eigenvalue weighted by atomic mass is 16.5. The van der Waals surface area contributed by atoms with Gasteiger partial charge in [-0.15, -0.1) is 0 Å². The van der Waals surface area contributed by atoms with Crippen molar-refractivity contribution in [2.24, 2.45) is 0 Å². The molecule has 0 fully saturated rings. The van der Waals surface area contributed by atoms with Crippen LogP contribution in [0.2, 0.25) is 0 Å². The normalized spacial score (nSPS) is 16.8. The molecule has 0 amide bonds. The van der Waals surface area contributed by atoms with E-state index in [2.05, 4.69) is 29.4 Å². The highest BCUT2D eigenvalue weighted by Gasteiger charge is 2.20. The molecule has 0 spiro atoms. The number of hydrogen-bond donors (Lipinski definition) is 1. The van der Waals surface area contributed by atoms with Crippen LogP contribution >= 0.6 is 0 Å². The van der Waals surface area contributed by atoms with E-state index in [1.807, 2.05) is 19.4 Å². The first-order valence-electron chi connectivity index (χ1n) is 5.79. The Balaban J connectivity index is 2.32. The third-order valence-electron chi connectivity index (χ3n) is 2.94. The second kappa shape index (κ2) is 5.12. The number of nitrogens with zero attached hydrogens (tertiary/aromatic N) is 1. The van der Waals surface area contributed by atoms with Crippen LogP contribution in [-0.2, 0) is 11.2 Å². The molecule has 1 atom stereocenters. The van der Waals surface area contributed by atoms with Gasteiger partial charge >= 0.3 is 0 Å². The van der Waals surface area contributed by atoms with Crippen LogP contribution < -0.4 is 5.32 Å². The lowest BCUT2D eigenvalue weighted by Gasteiger charge is -2.20. The lowest BCUT2D eigenvalue weighted by Crippen LogP contribution is -2.20. The maximum absolute atomic E-state index is 5.64. The Morgan fingerprint density at radius 3 is 3.06 bits per heavy atom. The molecule has 1 aliphatic heterocycles. The Bertz CT molecular complexity index is 387. The maximum Gasteiger partial charge on any atom is 0.114 e. The van der Waals surface area contributed by atoms with Crippen LogP contribution in [0.3, 0.4) is 0 Å². The molecule has 3 heteroatoms. The van der Waals surface area contributed by atoms with E-state index in [0.717, 1.165) is 25.2 Å². The number of likely N-dealkylation sites (N-methyl/N-ethyl adjacent to an activating group) is 1. The number of hydrogen-bond acceptors (Lipinski definition) is 3.